The lowest BCUT2D eigenvalue weighted by Crippen LogP contribution is -2.55. The second kappa shape index (κ2) is 11.8. The summed E-state index contributed by atoms with van der Waals surface area (Å²) >= 11 is 0. The van der Waals surface area contributed by atoms with Gasteiger partial charge in [-0.3, -0.25) is 0 Å². The predicted octanol–water partition coefficient (Wildman–Crippen LogP) is -0.503. The van der Waals surface area contributed by atoms with Crippen LogP contribution in [0.5, 0.6) is 0 Å². The number of hydrogen-bond donors (Lipinski definition) is 0. The molecule has 3 aromatic rings. The van der Waals surface area contributed by atoms with Crippen molar-refractivity contribution >= 4 is 0 Å². The lowest BCUT2D eigenvalue weighted by atomic mass is 10.1. The molecule has 0 amide bonds. The molecule has 0 aliphatic rings. The zero-order valence-electron chi connectivity index (χ0n) is 20.8. The minimum absolute atomic E-state index is 0.111. The Labute approximate surface area is 215 Å². The van der Waals surface area contributed by atoms with Crippen LogP contribution in [0.15, 0.2) is 104 Å². The Hall–Kier alpha value is -5.00. The maximum atomic E-state index is 13.1. The third-order valence-electron chi connectivity index (χ3n) is 5.79. The fraction of sp³-hybridized carbons (Fsp3) is 0.231. The molecule has 12 heteroatoms. The van der Waals surface area contributed by atoms with Gasteiger partial charge in [0.05, 0.1) is 39.3 Å². The van der Waals surface area contributed by atoms with Crippen molar-refractivity contribution in [3.63, 3.8) is 0 Å². The Morgan fingerprint density at radius 3 is 0.921 bits per heavy atom. The summed E-state index contributed by atoms with van der Waals surface area (Å²) in [5.41, 5.74) is -4.01. The van der Waals surface area contributed by atoms with E-state index in [1.54, 1.807) is 24.3 Å². The molecule has 0 saturated carbocycles. The molecule has 0 atom stereocenters. The third kappa shape index (κ3) is 5.09. The van der Waals surface area contributed by atoms with Crippen molar-refractivity contribution in [3.05, 3.63) is 149 Å². The molecule has 0 aliphatic carbocycles. The topological polar surface area (TPSA) is 132 Å². The van der Waals surface area contributed by atoms with Crippen LogP contribution >= 0.6 is 0 Å². The minimum atomic E-state index is -0.833. The molecule has 2 heterocycles. The quantitative estimate of drug-likeness (QED) is 0.296. The highest BCUT2D eigenvalue weighted by Crippen LogP contribution is 2.10. The maximum absolute atomic E-state index is 13.1. The molecule has 1 aromatic carbocycles. The standard InChI is InChI=1S/C26H28N6O6/c1-5-13-27-21(33)28(14-6-2)24(36)31(23(27)35)17-19-11-9-10-12-20(19)18-32-25(37)29(15-7-3)22(34)30(16-8-4)26(32)38/h5-12H,1-4,13-18H2. The van der Waals surface area contributed by atoms with Gasteiger partial charge in [0.2, 0.25) is 0 Å². The summed E-state index contributed by atoms with van der Waals surface area (Å²) in [5.74, 6) is 0. The Bertz CT molecular complexity index is 1550. The Morgan fingerprint density at radius 2 is 0.684 bits per heavy atom. The molecule has 198 valence electrons. The van der Waals surface area contributed by atoms with Gasteiger partial charge < -0.3 is 0 Å². The van der Waals surface area contributed by atoms with Crippen LogP contribution in [-0.4, -0.2) is 27.4 Å². The number of aromatic nitrogens is 6. The zero-order chi connectivity index (χ0) is 28.0. The Balaban J connectivity index is 2.22. The number of benzene rings is 1. The molecular weight excluding hydrogens is 492 g/mol. The first-order valence-corrected chi connectivity index (χ1v) is 11.6. The van der Waals surface area contributed by atoms with E-state index in [9.17, 15) is 28.8 Å². The summed E-state index contributed by atoms with van der Waals surface area (Å²) in [6.45, 7) is 13.3. The number of rotatable bonds is 12. The number of hydrogen-bond acceptors (Lipinski definition) is 6. The summed E-state index contributed by atoms with van der Waals surface area (Å²) in [5, 5.41) is 0. The lowest BCUT2D eigenvalue weighted by molar-refractivity contribution is 0.489. The van der Waals surface area contributed by atoms with Crippen molar-refractivity contribution < 1.29 is 0 Å². The largest absolute Gasteiger partial charge is 0.336 e. The zero-order valence-corrected chi connectivity index (χ0v) is 20.8. The maximum Gasteiger partial charge on any atom is 0.336 e. The molecular formula is C26H28N6O6. The van der Waals surface area contributed by atoms with Crippen LogP contribution in [0.3, 0.4) is 0 Å². The second-order valence-electron chi connectivity index (χ2n) is 8.23. The van der Waals surface area contributed by atoms with E-state index in [2.05, 4.69) is 26.3 Å². The van der Waals surface area contributed by atoms with E-state index in [1.165, 1.54) is 24.3 Å². The van der Waals surface area contributed by atoms with Crippen molar-refractivity contribution in [2.45, 2.75) is 39.3 Å². The van der Waals surface area contributed by atoms with Crippen molar-refractivity contribution in [1.82, 2.24) is 27.4 Å². The monoisotopic (exact) mass is 520 g/mol. The molecule has 0 saturated heterocycles. The third-order valence-corrected chi connectivity index (χ3v) is 5.79. The normalized spacial score (nSPS) is 10.7. The van der Waals surface area contributed by atoms with E-state index in [4.69, 9.17) is 0 Å². The molecule has 0 bridgehead atoms. The van der Waals surface area contributed by atoms with Gasteiger partial charge in [0.25, 0.3) is 0 Å². The first kappa shape index (κ1) is 27.6. The molecule has 0 radical (unpaired) electrons. The minimum Gasteiger partial charge on any atom is -0.247 e. The highest BCUT2D eigenvalue weighted by Gasteiger charge is 2.18. The number of allylic oxidation sites excluding steroid dienone is 4. The van der Waals surface area contributed by atoms with Crippen LogP contribution in [0.1, 0.15) is 11.1 Å². The van der Waals surface area contributed by atoms with Crippen LogP contribution in [0.2, 0.25) is 0 Å². The van der Waals surface area contributed by atoms with Gasteiger partial charge >= 0.3 is 34.1 Å². The molecule has 0 spiro atoms. The molecule has 38 heavy (non-hydrogen) atoms. The van der Waals surface area contributed by atoms with E-state index in [0.29, 0.717) is 11.1 Å². The Morgan fingerprint density at radius 1 is 0.447 bits per heavy atom. The fourth-order valence-electron chi connectivity index (χ4n) is 3.98. The summed E-state index contributed by atoms with van der Waals surface area (Å²) < 4.78 is 5.30. The number of nitrogens with zero attached hydrogens (tertiary/aromatic N) is 6. The summed E-state index contributed by atoms with van der Waals surface area (Å²) in [4.78, 5) is 77.7. The van der Waals surface area contributed by atoms with Crippen LogP contribution in [0.25, 0.3) is 0 Å². The average Bonchev–Trinajstić information content (AvgIpc) is 2.90. The average molecular weight is 521 g/mol. The van der Waals surface area contributed by atoms with E-state index in [-0.39, 0.29) is 39.3 Å². The van der Waals surface area contributed by atoms with Gasteiger partial charge in [-0.1, -0.05) is 48.6 Å². The molecule has 3 rings (SSSR count). The van der Waals surface area contributed by atoms with Gasteiger partial charge in [0.15, 0.2) is 0 Å². The van der Waals surface area contributed by atoms with Crippen molar-refractivity contribution in [2.24, 2.45) is 0 Å². The Kier molecular flexibility index (Phi) is 8.58. The van der Waals surface area contributed by atoms with Crippen molar-refractivity contribution in [2.75, 3.05) is 0 Å². The van der Waals surface area contributed by atoms with E-state index in [0.717, 1.165) is 27.4 Å². The van der Waals surface area contributed by atoms with E-state index in [1.807, 2.05) is 0 Å². The molecule has 0 fully saturated rings. The molecule has 0 N–H and O–H groups in total. The van der Waals surface area contributed by atoms with Gasteiger partial charge in [-0.25, -0.2) is 56.2 Å². The molecule has 0 unspecified atom stereocenters. The smallest absolute Gasteiger partial charge is 0.247 e. The molecule has 0 aliphatic heterocycles. The van der Waals surface area contributed by atoms with E-state index >= 15 is 0 Å². The van der Waals surface area contributed by atoms with Crippen LogP contribution in [-0.2, 0) is 39.3 Å². The lowest BCUT2D eigenvalue weighted by Gasteiger charge is -2.16. The molecule has 12 nitrogen and oxygen atoms in total. The second-order valence-corrected chi connectivity index (χ2v) is 8.23. The van der Waals surface area contributed by atoms with Crippen LogP contribution in [0.4, 0.5) is 0 Å². The SMILES string of the molecule is C=CCn1c(=O)n(CC=C)c(=O)n(Cc2ccccc2Cn2c(=O)n(CC=C)c(=O)n(CC=C)c2=O)c1=O. The first-order chi connectivity index (χ1) is 18.2. The fourth-order valence-corrected chi connectivity index (χ4v) is 3.98. The van der Waals surface area contributed by atoms with Gasteiger partial charge in [-0.05, 0) is 11.1 Å². The summed E-state index contributed by atoms with van der Waals surface area (Å²) in [7, 11) is 0. The van der Waals surface area contributed by atoms with Gasteiger partial charge in [-0.2, -0.15) is 0 Å². The highest BCUT2D eigenvalue weighted by atomic mass is 16.2. The summed E-state index contributed by atoms with van der Waals surface area (Å²) in [6.07, 6.45) is 5.46. The van der Waals surface area contributed by atoms with Crippen LogP contribution < -0.4 is 34.1 Å². The summed E-state index contributed by atoms with van der Waals surface area (Å²) in [6, 6.07) is 6.61. The van der Waals surface area contributed by atoms with Gasteiger partial charge in [0, 0.05) is 0 Å². The van der Waals surface area contributed by atoms with Crippen molar-refractivity contribution in [1.29, 1.82) is 0 Å². The predicted molar refractivity (Wildman–Crippen MR) is 144 cm³/mol. The van der Waals surface area contributed by atoms with Crippen molar-refractivity contribution in [3.8, 4) is 0 Å². The van der Waals surface area contributed by atoms with Crippen LogP contribution in [0, 0.1) is 0 Å². The molecule has 2 aromatic heterocycles. The van der Waals surface area contributed by atoms with Gasteiger partial charge in [-0.15, -0.1) is 26.3 Å². The van der Waals surface area contributed by atoms with Gasteiger partial charge in [0.1, 0.15) is 0 Å². The highest BCUT2D eigenvalue weighted by molar-refractivity contribution is 5.27. The van der Waals surface area contributed by atoms with E-state index < -0.39 is 34.1 Å². The first-order valence-electron chi connectivity index (χ1n) is 11.6.